The summed E-state index contributed by atoms with van der Waals surface area (Å²) >= 11 is 0. The number of rotatable bonds is 8. The average Bonchev–Trinajstić information content (AvgIpc) is 3.37. The number of aromatic nitrogens is 1. The van der Waals surface area contributed by atoms with E-state index in [1.165, 1.54) is 5.56 Å². The van der Waals surface area contributed by atoms with Crippen molar-refractivity contribution in [3.63, 3.8) is 0 Å². The monoisotopic (exact) mass is 377 g/mol. The summed E-state index contributed by atoms with van der Waals surface area (Å²) < 4.78 is 11.2. The number of hydrogen-bond acceptors (Lipinski definition) is 5. The first-order chi connectivity index (χ1) is 13.8. The molecule has 2 aromatic carbocycles. The van der Waals surface area contributed by atoms with Gasteiger partial charge in [0.05, 0.1) is 12.3 Å². The van der Waals surface area contributed by atoms with Crippen LogP contribution in [0.5, 0.6) is 5.75 Å². The molecule has 1 atom stereocenters. The number of nitrogens with one attached hydrogen (secondary N) is 1. The van der Waals surface area contributed by atoms with Crippen molar-refractivity contribution in [2.45, 2.75) is 32.5 Å². The number of benzene rings is 2. The molecule has 0 saturated carbocycles. The lowest BCUT2D eigenvalue weighted by Crippen LogP contribution is -2.32. The predicted molar refractivity (Wildman–Crippen MR) is 110 cm³/mol. The molecule has 1 saturated heterocycles. The molecule has 0 spiro atoms. The van der Waals surface area contributed by atoms with Gasteiger partial charge in [-0.2, -0.15) is 0 Å². The zero-order valence-corrected chi connectivity index (χ0v) is 16.3. The Hall–Kier alpha value is -2.63. The van der Waals surface area contributed by atoms with E-state index in [-0.39, 0.29) is 0 Å². The zero-order valence-electron chi connectivity index (χ0n) is 16.3. The Bertz CT molecular complexity index is 878. The van der Waals surface area contributed by atoms with Crippen LogP contribution in [0.2, 0.25) is 0 Å². The maximum absolute atomic E-state index is 5.68. The Balaban J connectivity index is 1.29. The molecule has 1 aliphatic rings. The first-order valence-corrected chi connectivity index (χ1v) is 9.97. The second kappa shape index (κ2) is 9.04. The number of nitrogens with zero attached hydrogens (tertiary/aromatic N) is 2. The van der Waals surface area contributed by atoms with Crippen LogP contribution in [-0.4, -0.2) is 35.6 Å². The van der Waals surface area contributed by atoms with E-state index in [0.29, 0.717) is 18.5 Å². The molecule has 1 aromatic heterocycles. The Morgan fingerprint density at radius 1 is 1.18 bits per heavy atom. The molecule has 1 aliphatic heterocycles. The van der Waals surface area contributed by atoms with Gasteiger partial charge in [0.15, 0.2) is 0 Å². The van der Waals surface area contributed by atoms with Crippen molar-refractivity contribution in [3.8, 4) is 17.2 Å². The highest BCUT2D eigenvalue weighted by atomic mass is 16.5. The molecule has 5 nitrogen and oxygen atoms in total. The Kier molecular flexibility index (Phi) is 6.04. The van der Waals surface area contributed by atoms with Crippen molar-refractivity contribution in [2.75, 3.05) is 19.7 Å². The van der Waals surface area contributed by atoms with Crippen molar-refractivity contribution in [1.82, 2.24) is 15.2 Å². The minimum atomic E-state index is 0.491. The van der Waals surface area contributed by atoms with Crippen LogP contribution in [0.15, 0.2) is 65.3 Å². The van der Waals surface area contributed by atoms with Crippen LogP contribution in [0.1, 0.15) is 24.6 Å². The fraction of sp³-hybridized carbons (Fsp3) is 0.348. The van der Waals surface area contributed by atoms with Gasteiger partial charge in [0.2, 0.25) is 5.89 Å². The van der Waals surface area contributed by atoms with Crippen molar-refractivity contribution >= 4 is 0 Å². The van der Waals surface area contributed by atoms with Gasteiger partial charge in [-0.3, -0.25) is 4.90 Å². The van der Waals surface area contributed by atoms with Crippen LogP contribution in [0.3, 0.4) is 0 Å². The van der Waals surface area contributed by atoms with E-state index in [1.807, 2.05) is 31.2 Å². The van der Waals surface area contributed by atoms with Crippen LogP contribution in [0.4, 0.5) is 0 Å². The molecule has 4 rings (SSSR count). The Morgan fingerprint density at radius 2 is 2.07 bits per heavy atom. The summed E-state index contributed by atoms with van der Waals surface area (Å²) in [5.74, 6) is 1.47. The highest BCUT2D eigenvalue weighted by Gasteiger charge is 2.22. The third-order valence-corrected chi connectivity index (χ3v) is 5.04. The van der Waals surface area contributed by atoms with Gasteiger partial charge in [-0.15, -0.1) is 0 Å². The standard InChI is InChI=1S/C23H27N3O2/c1-2-27-22-10-6-9-19(13-22)23-25-21(17-28-23)14-24-20-11-12-26(16-20)15-18-7-4-3-5-8-18/h3-10,13,17,20,24H,2,11-12,14-16H2,1H3. The largest absolute Gasteiger partial charge is 0.494 e. The van der Waals surface area contributed by atoms with Gasteiger partial charge >= 0.3 is 0 Å². The van der Waals surface area contributed by atoms with Crippen molar-refractivity contribution in [1.29, 1.82) is 0 Å². The SMILES string of the molecule is CCOc1cccc(-c2nc(CNC3CCN(Cc4ccccc4)C3)co2)c1. The van der Waals surface area contributed by atoms with E-state index in [1.54, 1.807) is 6.26 Å². The summed E-state index contributed by atoms with van der Waals surface area (Å²) in [6.45, 7) is 6.55. The quantitative estimate of drug-likeness (QED) is 0.640. The molecule has 5 heteroatoms. The Labute approximate surface area is 166 Å². The van der Waals surface area contributed by atoms with Crippen molar-refractivity contribution in [3.05, 3.63) is 72.1 Å². The summed E-state index contributed by atoms with van der Waals surface area (Å²) in [5.41, 5.74) is 3.24. The van der Waals surface area contributed by atoms with Crippen LogP contribution < -0.4 is 10.1 Å². The number of likely N-dealkylation sites (tertiary alicyclic amines) is 1. The summed E-state index contributed by atoms with van der Waals surface area (Å²) in [7, 11) is 0. The van der Waals surface area contributed by atoms with E-state index < -0.39 is 0 Å². The highest BCUT2D eigenvalue weighted by Crippen LogP contribution is 2.23. The molecular weight excluding hydrogens is 350 g/mol. The van der Waals surface area contributed by atoms with Gasteiger partial charge in [-0.25, -0.2) is 4.98 Å². The van der Waals surface area contributed by atoms with Crippen molar-refractivity contribution in [2.24, 2.45) is 0 Å². The summed E-state index contributed by atoms with van der Waals surface area (Å²) in [4.78, 5) is 7.13. The van der Waals surface area contributed by atoms with E-state index in [4.69, 9.17) is 9.15 Å². The smallest absolute Gasteiger partial charge is 0.226 e. The fourth-order valence-corrected chi connectivity index (χ4v) is 3.64. The normalized spacial score (nSPS) is 17.1. The molecule has 28 heavy (non-hydrogen) atoms. The first-order valence-electron chi connectivity index (χ1n) is 9.97. The van der Waals surface area contributed by atoms with E-state index in [2.05, 4.69) is 45.5 Å². The van der Waals surface area contributed by atoms with Crippen LogP contribution in [-0.2, 0) is 13.1 Å². The molecular formula is C23H27N3O2. The molecule has 146 valence electrons. The second-order valence-electron chi connectivity index (χ2n) is 7.19. The fourth-order valence-electron chi connectivity index (χ4n) is 3.64. The molecule has 0 bridgehead atoms. The molecule has 1 fully saturated rings. The van der Waals surface area contributed by atoms with E-state index >= 15 is 0 Å². The Morgan fingerprint density at radius 3 is 2.93 bits per heavy atom. The molecule has 0 radical (unpaired) electrons. The third kappa shape index (κ3) is 4.80. The molecule has 1 unspecified atom stereocenters. The van der Waals surface area contributed by atoms with Crippen LogP contribution in [0.25, 0.3) is 11.5 Å². The number of ether oxygens (including phenoxy) is 1. The van der Waals surface area contributed by atoms with Gasteiger partial charge in [0.25, 0.3) is 0 Å². The lowest BCUT2D eigenvalue weighted by Gasteiger charge is -2.16. The molecule has 0 amide bonds. The predicted octanol–water partition coefficient (Wildman–Crippen LogP) is 4.10. The summed E-state index contributed by atoms with van der Waals surface area (Å²) in [6, 6.07) is 19.0. The first kappa shape index (κ1) is 18.7. The summed E-state index contributed by atoms with van der Waals surface area (Å²) in [5, 5.41) is 3.62. The summed E-state index contributed by atoms with van der Waals surface area (Å²) in [6.07, 6.45) is 2.90. The van der Waals surface area contributed by atoms with Crippen LogP contribution in [0, 0.1) is 0 Å². The minimum absolute atomic E-state index is 0.491. The van der Waals surface area contributed by atoms with Crippen LogP contribution >= 0.6 is 0 Å². The van der Waals surface area contributed by atoms with Gasteiger partial charge in [0.1, 0.15) is 12.0 Å². The number of hydrogen-bond donors (Lipinski definition) is 1. The maximum atomic E-state index is 5.68. The van der Waals surface area contributed by atoms with Gasteiger partial charge < -0.3 is 14.5 Å². The lowest BCUT2D eigenvalue weighted by atomic mass is 10.2. The van der Waals surface area contributed by atoms with Crippen molar-refractivity contribution < 1.29 is 9.15 Å². The molecule has 0 aliphatic carbocycles. The third-order valence-electron chi connectivity index (χ3n) is 5.04. The topological polar surface area (TPSA) is 50.5 Å². The lowest BCUT2D eigenvalue weighted by molar-refractivity contribution is 0.319. The highest BCUT2D eigenvalue weighted by molar-refractivity contribution is 5.56. The molecule has 3 aromatic rings. The zero-order chi connectivity index (χ0) is 19.2. The minimum Gasteiger partial charge on any atom is -0.494 e. The number of oxazole rings is 1. The van der Waals surface area contributed by atoms with E-state index in [0.717, 1.165) is 49.6 Å². The second-order valence-corrected chi connectivity index (χ2v) is 7.19. The van der Waals surface area contributed by atoms with E-state index in [9.17, 15) is 0 Å². The van der Waals surface area contributed by atoms with Gasteiger partial charge in [-0.1, -0.05) is 36.4 Å². The maximum Gasteiger partial charge on any atom is 0.226 e. The van der Waals surface area contributed by atoms with Gasteiger partial charge in [-0.05, 0) is 37.1 Å². The average molecular weight is 377 g/mol. The molecule has 1 N–H and O–H groups in total. The van der Waals surface area contributed by atoms with Gasteiger partial charge in [0, 0.05) is 37.8 Å². The molecule has 2 heterocycles.